The molecule has 19 heavy (non-hydrogen) atoms. The Morgan fingerprint density at radius 2 is 1.89 bits per heavy atom. The van der Waals surface area contributed by atoms with Gasteiger partial charge in [0.2, 0.25) is 0 Å². The number of thiophene rings is 1. The molecule has 1 fully saturated rings. The minimum atomic E-state index is -1.31. The van der Waals surface area contributed by atoms with Crippen molar-refractivity contribution in [3.8, 4) is 0 Å². The lowest BCUT2D eigenvalue weighted by Gasteiger charge is -2.40. The molecule has 5 atom stereocenters. The third-order valence-corrected chi connectivity index (χ3v) is 4.09. The fourth-order valence-corrected chi connectivity index (χ4v) is 2.77. The van der Waals surface area contributed by atoms with Gasteiger partial charge in [-0.25, -0.2) is 0 Å². The second kappa shape index (κ2) is 6.76. The van der Waals surface area contributed by atoms with Gasteiger partial charge in [-0.1, -0.05) is 6.07 Å². The maximum Gasteiger partial charge on any atom is 0.111 e. The van der Waals surface area contributed by atoms with Gasteiger partial charge in [0.25, 0.3) is 0 Å². The number of hydrogen-bond donors (Lipinski definition) is 5. The van der Waals surface area contributed by atoms with E-state index >= 15 is 0 Å². The summed E-state index contributed by atoms with van der Waals surface area (Å²) in [5, 5.41) is 43.3. The molecule has 6 nitrogen and oxygen atoms in total. The SMILES string of the molecule is OC[C@H]1O[C@@H](CNCc2cccs2)[C@H](O)[C@@H](O)[C@@H]1O. The van der Waals surface area contributed by atoms with Gasteiger partial charge in [0.15, 0.2) is 0 Å². The Balaban J connectivity index is 1.84. The third kappa shape index (κ3) is 3.51. The zero-order valence-electron chi connectivity index (χ0n) is 10.3. The predicted molar refractivity (Wildman–Crippen MR) is 69.8 cm³/mol. The molecular weight excluding hydrogens is 270 g/mol. The van der Waals surface area contributed by atoms with E-state index in [1.165, 1.54) is 0 Å². The van der Waals surface area contributed by atoms with Crippen LogP contribution in [0.3, 0.4) is 0 Å². The number of hydrogen-bond acceptors (Lipinski definition) is 7. The van der Waals surface area contributed by atoms with Crippen LogP contribution in [0.4, 0.5) is 0 Å². The summed E-state index contributed by atoms with van der Waals surface area (Å²) in [4.78, 5) is 1.16. The van der Waals surface area contributed by atoms with E-state index in [9.17, 15) is 15.3 Å². The summed E-state index contributed by atoms with van der Waals surface area (Å²) in [5.74, 6) is 0. The van der Waals surface area contributed by atoms with Crippen LogP contribution < -0.4 is 5.32 Å². The Morgan fingerprint density at radius 3 is 2.53 bits per heavy atom. The number of nitrogens with one attached hydrogen (secondary N) is 1. The lowest BCUT2D eigenvalue weighted by molar-refractivity contribution is -0.227. The Bertz CT molecular complexity index is 372. The van der Waals surface area contributed by atoms with Crippen molar-refractivity contribution >= 4 is 11.3 Å². The first-order valence-electron chi connectivity index (χ1n) is 6.17. The summed E-state index contributed by atoms with van der Waals surface area (Å²) in [5.41, 5.74) is 0. The van der Waals surface area contributed by atoms with Gasteiger partial charge in [0.05, 0.1) is 12.7 Å². The van der Waals surface area contributed by atoms with E-state index in [1.54, 1.807) is 11.3 Å². The molecule has 0 radical (unpaired) electrons. The molecule has 0 aliphatic carbocycles. The number of aliphatic hydroxyl groups excluding tert-OH is 4. The Labute approximate surface area is 115 Å². The predicted octanol–water partition coefficient (Wildman–Crippen LogP) is -1.32. The Kier molecular flexibility index (Phi) is 5.28. The molecule has 1 aliphatic rings. The summed E-state index contributed by atoms with van der Waals surface area (Å²) in [7, 11) is 0. The molecule has 0 amide bonds. The highest BCUT2D eigenvalue weighted by Gasteiger charge is 2.42. The molecule has 1 aliphatic heterocycles. The topological polar surface area (TPSA) is 102 Å². The fraction of sp³-hybridized carbons (Fsp3) is 0.667. The highest BCUT2D eigenvalue weighted by atomic mass is 32.1. The number of ether oxygens (including phenoxy) is 1. The summed E-state index contributed by atoms with van der Waals surface area (Å²) in [6, 6.07) is 3.94. The van der Waals surface area contributed by atoms with Gasteiger partial charge in [0.1, 0.15) is 24.4 Å². The molecule has 2 rings (SSSR count). The van der Waals surface area contributed by atoms with Gasteiger partial charge < -0.3 is 30.5 Å². The van der Waals surface area contributed by atoms with E-state index in [0.717, 1.165) is 4.88 Å². The summed E-state index contributed by atoms with van der Waals surface area (Å²) < 4.78 is 5.38. The van der Waals surface area contributed by atoms with Crippen molar-refractivity contribution in [2.24, 2.45) is 0 Å². The third-order valence-electron chi connectivity index (χ3n) is 3.22. The molecule has 108 valence electrons. The molecule has 0 bridgehead atoms. The molecule has 0 aromatic carbocycles. The smallest absolute Gasteiger partial charge is 0.111 e. The van der Waals surface area contributed by atoms with E-state index in [4.69, 9.17) is 9.84 Å². The van der Waals surface area contributed by atoms with Gasteiger partial charge in [-0.05, 0) is 11.4 Å². The van der Waals surface area contributed by atoms with E-state index in [0.29, 0.717) is 13.1 Å². The van der Waals surface area contributed by atoms with E-state index < -0.39 is 37.1 Å². The van der Waals surface area contributed by atoms with Crippen LogP contribution in [0, 0.1) is 0 Å². The van der Waals surface area contributed by atoms with Crippen LogP contribution in [0.5, 0.6) is 0 Å². The van der Waals surface area contributed by atoms with Crippen LogP contribution >= 0.6 is 11.3 Å². The summed E-state index contributed by atoms with van der Waals surface area (Å²) in [6.45, 7) is 0.582. The van der Waals surface area contributed by atoms with Gasteiger partial charge in [0, 0.05) is 18.0 Å². The first-order chi connectivity index (χ1) is 9.13. The normalized spacial score (nSPS) is 35.5. The molecular formula is C12H19NO5S. The highest BCUT2D eigenvalue weighted by molar-refractivity contribution is 7.09. The minimum Gasteiger partial charge on any atom is -0.394 e. The van der Waals surface area contributed by atoms with Crippen molar-refractivity contribution in [3.63, 3.8) is 0 Å². The van der Waals surface area contributed by atoms with Crippen LogP contribution in [0.1, 0.15) is 4.88 Å². The maximum atomic E-state index is 9.82. The van der Waals surface area contributed by atoms with Crippen molar-refractivity contribution < 1.29 is 25.2 Å². The van der Waals surface area contributed by atoms with Crippen molar-refractivity contribution in [2.45, 2.75) is 37.1 Å². The summed E-state index contributed by atoms with van der Waals surface area (Å²) in [6.07, 6.45) is -5.27. The van der Waals surface area contributed by atoms with Gasteiger partial charge in [-0.15, -0.1) is 11.3 Å². The van der Waals surface area contributed by atoms with Crippen molar-refractivity contribution in [1.29, 1.82) is 0 Å². The number of aliphatic hydroxyl groups is 4. The molecule has 5 N–H and O–H groups in total. The zero-order chi connectivity index (χ0) is 13.8. The average molecular weight is 289 g/mol. The van der Waals surface area contributed by atoms with Crippen LogP contribution in [0.15, 0.2) is 17.5 Å². The van der Waals surface area contributed by atoms with E-state index in [2.05, 4.69) is 5.32 Å². The second-order valence-electron chi connectivity index (χ2n) is 4.58. The lowest BCUT2D eigenvalue weighted by atomic mass is 9.95. The Morgan fingerprint density at radius 1 is 1.16 bits per heavy atom. The standard InChI is InChI=1S/C12H19NO5S/c14-6-9-11(16)12(17)10(15)8(18-9)5-13-4-7-2-1-3-19-7/h1-3,8-17H,4-6H2/t8-,9+,10-,11+,12+/m0/s1. The van der Waals surface area contributed by atoms with E-state index in [1.807, 2.05) is 17.5 Å². The summed E-state index contributed by atoms with van der Waals surface area (Å²) >= 11 is 1.62. The molecule has 1 aromatic rings. The molecule has 2 heterocycles. The van der Waals surface area contributed by atoms with Crippen molar-refractivity contribution in [3.05, 3.63) is 22.4 Å². The second-order valence-corrected chi connectivity index (χ2v) is 5.61. The van der Waals surface area contributed by atoms with Gasteiger partial charge in [-0.3, -0.25) is 0 Å². The highest BCUT2D eigenvalue weighted by Crippen LogP contribution is 2.20. The molecule has 1 saturated heterocycles. The van der Waals surface area contributed by atoms with Crippen LogP contribution in [0.2, 0.25) is 0 Å². The zero-order valence-corrected chi connectivity index (χ0v) is 11.2. The van der Waals surface area contributed by atoms with Crippen LogP contribution in [0.25, 0.3) is 0 Å². The molecule has 1 aromatic heterocycles. The van der Waals surface area contributed by atoms with E-state index in [-0.39, 0.29) is 0 Å². The molecule has 0 unspecified atom stereocenters. The minimum absolute atomic E-state index is 0.333. The molecule has 0 spiro atoms. The fourth-order valence-electron chi connectivity index (χ4n) is 2.10. The number of rotatable bonds is 5. The van der Waals surface area contributed by atoms with Crippen LogP contribution in [-0.2, 0) is 11.3 Å². The lowest BCUT2D eigenvalue weighted by Crippen LogP contribution is -2.60. The molecule has 0 saturated carbocycles. The van der Waals surface area contributed by atoms with Gasteiger partial charge in [-0.2, -0.15) is 0 Å². The first kappa shape index (κ1) is 14.9. The largest absolute Gasteiger partial charge is 0.394 e. The van der Waals surface area contributed by atoms with Crippen molar-refractivity contribution in [1.82, 2.24) is 5.32 Å². The Hall–Kier alpha value is -0.540. The monoisotopic (exact) mass is 289 g/mol. The first-order valence-corrected chi connectivity index (χ1v) is 7.05. The maximum absolute atomic E-state index is 9.82. The quantitative estimate of drug-likeness (QED) is 0.461. The van der Waals surface area contributed by atoms with Crippen molar-refractivity contribution in [2.75, 3.05) is 13.2 Å². The average Bonchev–Trinajstić information content (AvgIpc) is 2.92. The molecule has 7 heteroatoms. The van der Waals surface area contributed by atoms with Crippen LogP contribution in [-0.4, -0.2) is 64.1 Å². The van der Waals surface area contributed by atoms with Gasteiger partial charge >= 0.3 is 0 Å².